The van der Waals surface area contributed by atoms with E-state index in [-0.39, 0.29) is 0 Å². The van der Waals surface area contributed by atoms with E-state index in [0.29, 0.717) is 34.9 Å². The van der Waals surface area contributed by atoms with Gasteiger partial charge in [0.25, 0.3) is 0 Å². The summed E-state index contributed by atoms with van der Waals surface area (Å²) in [6.45, 7) is 0. The average molecular weight is 1510 g/mol. The molecule has 0 N–H and O–H groups in total. The molecule has 0 aliphatic rings. The fourth-order valence-corrected chi connectivity index (χ4v) is 16.7. The van der Waals surface area contributed by atoms with Crippen molar-refractivity contribution in [1.29, 1.82) is 0 Å². The number of hydrogen-bond donors (Lipinski definition) is 0. The predicted molar refractivity (Wildman–Crippen MR) is 483 cm³/mol. The quantitative estimate of drug-likeness (QED) is 0.112. The van der Waals surface area contributed by atoms with Gasteiger partial charge >= 0.3 is 0 Å². The van der Waals surface area contributed by atoms with Crippen molar-refractivity contribution in [2.45, 2.75) is 0 Å². The number of benzene rings is 17. The van der Waals surface area contributed by atoms with Crippen molar-refractivity contribution in [1.82, 2.24) is 39.0 Å². The summed E-state index contributed by atoms with van der Waals surface area (Å²) in [7, 11) is 0. The summed E-state index contributed by atoms with van der Waals surface area (Å²) in [4.78, 5) is 30.7. The van der Waals surface area contributed by atoms with Crippen LogP contribution in [0.4, 0.5) is 0 Å². The molecule has 0 amide bonds. The Kier molecular flexibility index (Phi) is 17.0. The fraction of sp³-hybridized carbons (Fsp3) is 0. The molecule has 0 radical (unpaired) electrons. The first kappa shape index (κ1) is 68.7. The zero-order chi connectivity index (χ0) is 78.0. The SMILES string of the molecule is c1ccc(-c2ccc(-c3ccc(-c4nc(-c5cccc(-c6cccc(-n7c8ccccc8c8ccccc87)c6)c5)nc(-c5ccc6c(c5)oc5ccccc56)n4)cc3)cc2)cc1.c1ccc(-c2ccc(-c3nc(-c4cccc(-c5cccc(-n6c7ccccc7c7ccccc76)c5)c4)nc(-c4ccc5c(c4)oc4ccccc45)n3)cc2)cc1. The Hall–Kier alpha value is -16.0. The summed E-state index contributed by atoms with van der Waals surface area (Å²) < 4.78 is 17.3. The fourth-order valence-electron chi connectivity index (χ4n) is 16.7. The van der Waals surface area contributed by atoms with Crippen LogP contribution in [0.1, 0.15) is 0 Å². The Morgan fingerprint density at radius 3 is 0.720 bits per heavy atom. The number of para-hydroxylation sites is 6. The van der Waals surface area contributed by atoms with Crippen molar-refractivity contribution in [3.05, 3.63) is 413 Å². The molecule has 6 heterocycles. The Bertz CT molecular complexity index is 7690. The number of nitrogens with zero attached hydrogens (tertiary/aromatic N) is 8. The first-order valence-electron chi connectivity index (χ1n) is 39.6. The van der Waals surface area contributed by atoms with Gasteiger partial charge in [0.15, 0.2) is 34.9 Å². The molecule has 118 heavy (non-hydrogen) atoms. The monoisotopic (exact) mass is 1510 g/mol. The molecule has 23 rings (SSSR count). The van der Waals surface area contributed by atoms with E-state index >= 15 is 0 Å². The third-order valence-electron chi connectivity index (χ3n) is 22.5. The third-order valence-corrected chi connectivity index (χ3v) is 22.5. The molecule has 6 aromatic heterocycles. The minimum Gasteiger partial charge on any atom is -0.456 e. The van der Waals surface area contributed by atoms with E-state index in [0.717, 1.165) is 133 Å². The maximum absolute atomic E-state index is 6.31. The molecule has 0 atom stereocenters. The molecule has 0 aliphatic heterocycles. The van der Waals surface area contributed by atoms with E-state index in [9.17, 15) is 0 Å². The first-order chi connectivity index (χ1) is 58.4. The summed E-state index contributed by atoms with van der Waals surface area (Å²) in [5.41, 5.74) is 26.9. The van der Waals surface area contributed by atoms with Crippen LogP contribution >= 0.6 is 0 Å². The normalized spacial score (nSPS) is 11.6. The maximum Gasteiger partial charge on any atom is 0.164 e. The van der Waals surface area contributed by atoms with E-state index in [1.165, 1.54) is 54.7 Å². The van der Waals surface area contributed by atoms with Crippen molar-refractivity contribution in [2.75, 3.05) is 0 Å². The van der Waals surface area contributed by atoms with Gasteiger partial charge in [0, 0.05) is 87.8 Å². The molecule has 0 bridgehead atoms. The lowest BCUT2D eigenvalue weighted by Gasteiger charge is -2.12. The van der Waals surface area contributed by atoms with E-state index in [1.54, 1.807) is 0 Å². The van der Waals surface area contributed by atoms with Gasteiger partial charge in [-0.25, -0.2) is 29.9 Å². The minimum atomic E-state index is 0.576. The molecule has 0 saturated heterocycles. The van der Waals surface area contributed by atoms with Gasteiger partial charge in [-0.3, -0.25) is 0 Å². The van der Waals surface area contributed by atoms with E-state index in [1.807, 2.05) is 60.7 Å². The van der Waals surface area contributed by atoms with Gasteiger partial charge in [0.1, 0.15) is 22.3 Å². The highest BCUT2D eigenvalue weighted by Crippen LogP contribution is 2.41. The predicted octanol–water partition coefficient (Wildman–Crippen LogP) is 28.1. The van der Waals surface area contributed by atoms with Gasteiger partial charge in [-0.05, 0) is 153 Å². The standard InChI is InChI=1S/C57H36N4O.C51H32N4O/c1-2-12-37(13-3-1)38-24-26-39(27-25-38)40-28-30-41(31-29-40)55-58-56(60-57(59-55)45-32-33-50-49-20-6-9-23-53(49)62-54(50)36-45)44-16-10-14-42(34-44)43-15-11-17-46(35-43)61-51-21-7-4-18-47(51)48-19-5-8-22-52(48)61;1-2-12-33(13-3-1)34-24-26-35(27-25-34)49-52-50(54-51(53-49)39-28-29-44-43-20-6-9-23-47(43)56-48(44)32-39)38-16-10-14-36(30-38)37-15-11-17-40(31-37)55-45-21-7-4-18-41(45)42-19-5-8-22-46(42)55/h1-36H;1-32H. The van der Waals surface area contributed by atoms with Crippen LogP contribution in [-0.4, -0.2) is 39.0 Å². The molecule has 17 aromatic carbocycles. The van der Waals surface area contributed by atoms with Crippen molar-refractivity contribution in [3.63, 3.8) is 0 Å². The molecule has 0 fully saturated rings. The van der Waals surface area contributed by atoms with Gasteiger partial charge in [0.2, 0.25) is 0 Å². The van der Waals surface area contributed by atoms with Crippen LogP contribution in [0.25, 0.3) is 223 Å². The van der Waals surface area contributed by atoms with Gasteiger partial charge in [0.05, 0.1) is 22.1 Å². The second-order valence-corrected chi connectivity index (χ2v) is 29.7. The van der Waals surface area contributed by atoms with E-state index in [4.69, 9.17) is 38.7 Å². The van der Waals surface area contributed by atoms with Gasteiger partial charge in [-0.15, -0.1) is 0 Å². The van der Waals surface area contributed by atoms with Gasteiger partial charge in [-0.1, -0.05) is 315 Å². The van der Waals surface area contributed by atoms with Crippen molar-refractivity contribution in [2.24, 2.45) is 0 Å². The molecule has 0 spiro atoms. The average Bonchev–Trinajstić information content (AvgIpc) is 1.59. The highest BCUT2D eigenvalue weighted by atomic mass is 16.3. The Morgan fingerprint density at radius 1 is 0.144 bits per heavy atom. The molecule has 10 nitrogen and oxygen atoms in total. The molecular formula is C108H68N8O2. The lowest BCUT2D eigenvalue weighted by molar-refractivity contribution is 0.668. The van der Waals surface area contributed by atoms with Crippen LogP contribution in [0, 0.1) is 0 Å². The molecule has 0 aliphatic carbocycles. The van der Waals surface area contributed by atoms with Crippen LogP contribution in [0.15, 0.2) is 421 Å². The Morgan fingerprint density at radius 2 is 0.373 bits per heavy atom. The second kappa shape index (κ2) is 29.2. The van der Waals surface area contributed by atoms with Crippen molar-refractivity contribution >= 4 is 87.5 Å². The smallest absolute Gasteiger partial charge is 0.164 e. The zero-order valence-corrected chi connectivity index (χ0v) is 63.7. The third kappa shape index (κ3) is 12.7. The Labute approximate surface area is 678 Å². The highest BCUT2D eigenvalue weighted by molar-refractivity contribution is 6.11. The molecule has 0 saturated carbocycles. The summed E-state index contributed by atoms with van der Waals surface area (Å²) in [6, 6.07) is 144. The highest BCUT2D eigenvalue weighted by Gasteiger charge is 2.21. The van der Waals surface area contributed by atoms with Crippen LogP contribution in [0.2, 0.25) is 0 Å². The molecule has 0 unspecified atom stereocenters. The van der Waals surface area contributed by atoms with Crippen LogP contribution in [0.3, 0.4) is 0 Å². The first-order valence-corrected chi connectivity index (χ1v) is 39.6. The summed E-state index contributed by atoms with van der Waals surface area (Å²) in [6.07, 6.45) is 0. The van der Waals surface area contributed by atoms with Gasteiger partial charge in [-0.2, -0.15) is 0 Å². The summed E-state index contributed by atoms with van der Waals surface area (Å²) in [5, 5.41) is 9.25. The Balaban J connectivity index is 0.000000143. The van der Waals surface area contributed by atoms with E-state index in [2.05, 4.69) is 361 Å². The lowest BCUT2D eigenvalue weighted by Crippen LogP contribution is -2.00. The van der Waals surface area contributed by atoms with Crippen molar-refractivity contribution < 1.29 is 8.83 Å². The lowest BCUT2D eigenvalue weighted by atomic mass is 9.99. The second-order valence-electron chi connectivity index (χ2n) is 29.7. The molecular weight excluding hydrogens is 1440 g/mol. The molecule has 10 heteroatoms. The molecule has 552 valence electrons. The van der Waals surface area contributed by atoms with Crippen LogP contribution in [0.5, 0.6) is 0 Å². The summed E-state index contributed by atoms with van der Waals surface area (Å²) >= 11 is 0. The zero-order valence-electron chi connectivity index (χ0n) is 63.7. The number of hydrogen-bond acceptors (Lipinski definition) is 8. The number of fused-ring (bicyclic) bond motifs is 12. The van der Waals surface area contributed by atoms with Crippen molar-refractivity contribution in [3.8, 4) is 135 Å². The topological polar surface area (TPSA) is 113 Å². The largest absolute Gasteiger partial charge is 0.456 e. The molecule has 23 aromatic rings. The summed E-state index contributed by atoms with van der Waals surface area (Å²) in [5.74, 6) is 3.55. The number of aromatic nitrogens is 8. The van der Waals surface area contributed by atoms with Crippen LogP contribution < -0.4 is 0 Å². The number of rotatable bonds is 13. The van der Waals surface area contributed by atoms with E-state index < -0.39 is 0 Å². The van der Waals surface area contributed by atoms with Gasteiger partial charge < -0.3 is 18.0 Å². The van der Waals surface area contributed by atoms with Crippen LogP contribution in [-0.2, 0) is 0 Å². The minimum absolute atomic E-state index is 0.576. The maximum atomic E-state index is 6.31. The number of furan rings is 2.